The summed E-state index contributed by atoms with van der Waals surface area (Å²) in [5.74, 6) is -4.18. The number of fused-ring (bicyclic) bond motifs is 15. The number of benzene rings is 6. The van der Waals surface area contributed by atoms with Crippen LogP contribution >= 0.6 is 0 Å². The lowest BCUT2D eigenvalue weighted by atomic mass is 9.85. The highest BCUT2D eigenvalue weighted by molar-refractivity contribution is 7.91. The number of carboxylic acids is 2. The molecule has 7 fully saturated rings. The second-order valence-electron chi connectivity index (χ2n) is 47.2. The van der Waals surface area contributed by atoms with Crippen LogP contribution in [0.1, 0.15) is 227 Å². The maximum Gasteiger partial charge on any atom is 0.407 e. The van der Waals surface area contributed by atoms with E-state index in [0.717, 1.165) is 121 Å². The number of aryl methyl sites for hydroxylation is 2. The number of methoxy groups -OCH3 is 6. The monoisotopic (exact) mass is 2100 g/mol. The number of cyclic esters (lactones) is 3. The van der Waals surface area contributed by atoms with Crippen LogP contribution in [0, 0.1) is 44.3 Å². The van der Waals surface area contributed by atoms with Crippen LogP contribution in [-0.2, 0) is 116 Å². The van der Waals surface area contributed by atoms with Crippen LogP contribution in [0.5, 0.6) is 17.2 Å². The number of nitrogens with two attached hydrogens (primary N) is 1. The molecular formula is C111H150N10O26S2. The van der Waals surface area contributed by atoms with Crippen LogP contribution in [0.2, 0.25) is 0 Å². The Morgan fingerprint density at radius 3 is 1.14 bits per heavy atom. The molecule has 6 aromatic rings. The minimum absolute atomic E-state index is 0.0158. The number of allylic oxidation sites excluding steroid dienone is 1. The van der Waals surface area contributed by atoms with Crippen LogP contribution < -0.4 is 50.7 Å². The molecule has 149 heavy (non-hydrogen) atoms. The van der Waals surface area contributed by atoms with Crippen molar-refractivity contribution in [2.75, 3.05) is 82.1 Å². The van der Waals surface area contributed by atoms with Gasteiger partial charge in [-0.3, -0.25) is 38.2 Å². The first kappa shape index (κ1) is 114. The molecule has 6 heterocycles. The predicted octanol–water partition coefficient (Wildman–Crippen LogP) is 13.8. The van der Waals surface area contributed by atoms with E-state index in [-0.39, 0.29) is 87.3 Å². The smallest absolute Gasteiger partial charge is 0.407 e. The molecule has 6 aliphatic heterocycles. The summed E-state index contributed by atoms with van der Waals surface area (Å²) in [5, 5.41) is 36.2. The predicted molar refractivity (Wildman–Crippen MR) is 562 cm³/mol. The van der Waals surface area contributed by atoms with Gasteiger partial charge in [0.25, 0.3) is 11.8 Å². The third-order valence-electron chi connectivity index (χ3n) is 30.8. The number of alkyl carbamates (subject to hydrolysis) is 3. The topological polar surface area (TPSA) is 488 Å². The largest absolute Gasteiger partial charge is 0.496 e. The first-order chi connectivity index (χ1) is 69.6. The molecule has 6 aromatic carbocycles. The zero-order chi connectivity index (χ0) is 110. The van der Waals surface area contributed by atoms with E-state index in [1.807, 2.05) is 200 Å². The van der Waals surface area contributed by atoms with E-state index in [1.165, 1.54) is 35.0 Å². The van der Waals surface area contributed by atoms with Gasteiger partial charge in [0.15, 0.2) is 0 Å². The minimum atomic E-state index is -3.91. The summed E-state index contributed by atoms with van der Waals surface area (Å²) in [5.41, 5.74) is 1.87. The first-order valence-corrected chi connectivity index (χ1v) is 54.0. The van der Waals surface area contributed by atoms with Crippen molar-refractivity contribution in [3.05, 3.63) is 156 Å². The average molecular weight is 2100 g/mol. The summed E-state index contributed by atoms with van der Waals surface area (Å²) in [6, 6.07) is 23.4. The normalized spacial score (nSPS) is 27.7. The van der Waals surface area contributed by atoms with E-state index in [9.17, 15) is 79.8 Å². The highest BCUT2D eigenvalue weighted by atomic mass is 32.2. The fourth-order valence-electron chi connectivity index (χ4n) is 20.8. The highest BCUT2D eigenvalue weighted by Crippen LogP contribution is 2.51. The first-order valence-electron chi connectivity index (χ1n) is 50.9. The summed E-state index contributed by atoms with van der Waals surface area (Å²) in [6.07, 6.45) is 13.3. The molecule has 9 amide bonds. The third-order valence-corrected chi connectivity index (χ3v) is 34.4. The molecule has 13 atom stereocenters. The SMILES string of the molecule is C=C[C@@H]1C[C@]1(N)C(=O)NS(=O)(=O)C1CC1.C=C[C@@H]1C[C@]1(NC(=O)[C@@H]1C[C@]2(OC)CN1C(=O)[C@H](C(C)(C)C)NC(=O)OCC(C)(C)CCCc1cc3cc2ccc3cc1OC)C(=O)NS(=O)(=O)C1CC1.COc1cc2ccc3cc2cc1C=CCC(C)(C)COC(=O)N[C@@H](C(C)(C)C)C(=O)N1C[C@@]3(OC)C[C@H]1C(=O)O.COc1cc2ccc3cc2cc1CCCC(C)(C)COC(=O)N[C@@H](C(C)(C)C)C(=O)N1C[C@@]3(OC)C[C@H]1C(=O)O. The molecule has 4 saturated carbocycles. The number of aliphatic carboxylic acids is 2. The number of nitrogens with zero attached hydrogens (tertiary/aromatic N) is 3. The number of hydrogen-bond acceptors (Lipinski definition) is 25. The summed E-state index contributed by atoms with van der Waals surface area (Å²) in [7, 11) is 2.16. The van der Waals surface area contributed by atoms with Gasteiger partial charge in [-0.2, -0.15) is 0 Å². The number of carbonyl (C=O) groups is 11. The highest BCUT2D eigenvalue weighted by Gasteiger charge is 2.64. The summed E-state index contributed by atoms with van der Waals surface area (Å²) < 4.78 is 105. The van der Waals surface area contributed by atoms with Crippen molar-refractivity contribution in [1.82, 2.24) is 45.4 Å². The summed E-state index contributed by atoms with van der Waals surface area (Å²) in [4.78, 5) is 151. The van der Waals surface area contributed by atoms with E-state index in [2.05, 4.69) is 51.3 Å². The van der Waals surface area contributed by atoms with E-state index in [4.69, 9.17) is 48.4 Å². The van der Waals surface area contributed by atoms with Crippen LogP contribution in [0.15, 0.2) is 122 Å². The molecule has 812 valence electrons. The lowest BCUT2D eigenvalue weighted by Gasteiger charge is -2.36. The maximum absolute atomic E-state index is 14.8. The van der Waals surface area contributed by atoms with E-state index in [0.29, 0.717) is 38.5 Å². The van der Waals surface area contributed by atoms with Crippen LogP contribution in [0.3, 0.4) is 0 Å². The lowest BCUT2D eigenvalue weighted by Crippen LogP contribution is -2.60. The molecule has 15 bridgehead atoms. The van der Waals surface area contributed by atoms with Gasteiger partial charge in [-0.25, -0.2) is 40.8 Å². The number of carbonyl (C=O) groups excluding carboxylic acids is 9. The molecule has 0 radical (unpaired) electrons. The van der Waals surface area contributed by atoms with Crippen LogP contribution in [-0.4, -0.2) is 247 Å². The second kappa shape index (κ2) is 43.4. The molecule has 4 aliphatic carbocycles. The van der Waals surface area contributed by atoms with Crippen molar-refractivity contribution in [1.29, 1.82) is 0 Å². The number of carboxylic acid groups (broad SMARTS) is 2. The standard InChI is InChI=1S/C40H54N4O9S.C31H42N2O7.C31H40N2O7.C9H14N2O3S/c1-9-27-20-40(27,35(47)43-54(49,50)29-14-15-29)42-33(45)30-21-39(52-8)22-44(30)34(46)32(37(2,3)4)41-36(48)53-23-38(5,6)16-10-11-25-17-26-18-28(39)13-12-24(26)19-31(25)51-7;2*1-29(2,3)25-26(34)33-17-31(39-7,16-23(33)27(35)36)22-11-10-19-15-24(38-6)20(13-21(19)14-22)9-8-12-30(4,5)18-40-28(37)32-25;1-2-6-5-9(6,10)8(12)11-15(13,14)7-3-4-7/h9,12-13,17-19,27,29-30,32H,1,10-11,14-16,20-23H2,2-8H3,(H,41,48)(H,42,45)(H,43,47);10-11,13-15,23,25H,8-9,12,16-18H2,1-7H3,(H,32,37)(H,35,36);8-11,13-15,23,25H,12,16-18H2,1-7H3,(H,32,37)(H,35,36);2,6-7H,1,3-5,10H2,(H,11,12)/t27-,30+,32-,39+,40-;2*23-,25+,31-;6-,9-/m1001/s1. The molecule has 0 aromatic heterocycles. The van der Waals surface area contributed by atoms with E-state index in [1.54, 1.807) is 34.5 Å². The quantitative estimate of drug-likeness (QED) is 0.0285. The lowest BCUT2D eigenvalue weighted by molar-refractivity contribution is -0.150. The van der Waals surface area contributed by atoms with Gasteiger partial charge in [0.05, 0.1) is 71.3 Å². The molecule has 0 unspecified atom stereocenters. The molecule has 16 rings (SSSR count). The Morgan fingerprint density at radius 2 is 0.805 bits per heavy atom. The van der Waals surface area contributed by atoms with Gasteiger partial charge in [0, 0.05) is 63.4 Å². The van der Waals surface area contributed by atoms with Crippen LogP contribution in [0.25, 0.3) is 38.4 Å². The Kier molecular flexibility index (Phi) is 33.3. The van der Waals surface area contributed by atoms with Gasteiger partial charge in [0.2, 0.25) is 43.7 Å². The van der Waals surface area contributed by atoms with Crippen molar-refractivity contribution in [3.8, 4) is 17.2 Å². The fourth-order valence-corrected chi connectivity index (χ4v) is 23.5. The van der Waals surface area contributed by atoms with Crippen molar-refractivity contribution in [2.45, 2.75) is 281 Å². The van der Waals surface area contributed by atoms with Gasteiger partial charge in [0.1, 0.15) is 81.4 Å². The third kappa shape index (κ3) is 25.4. The van der Waals surface area contributed by atoms with Crippen molar-refractivity contribution < 1.29 is 122 Å². The molecule has 3 saturated heterocycles. The molecule has 38 heteroatoms. The van der Waals surface area contributed by atoms with Gasteiger partial charge < -0.3 is 94.5 Å². The molecular weight excluding hydrogens is 1950 g/mol. The van der Waals surface area contributed by atoms with Gasteiger partial charge in [-0.1, -0.05) is 165 Å². The molecule has 36 nitrogen and oxygen atoms in total. The van der Waals surface area contributed by atoms with E-state index < -0.39 is 183 Å². The van der Waals surface area contributed by atoms with Gasteiger partial charge >= 0.3 is 30.2 Å². The number of sulfonamides is 2. The Morgan fingerprint density at radius 1 is 0.456 bits per heavy atom. The fraction of sp³-hybridized carbons (Fsp3) is 0.577. The van der Waals surface area contributed by atoms with Crippen molar-refractivity contribution in [2.24, 2.45) is 50.1 Å². The Balaban J connectivity index is 0.000000176. The van der Waals surface area contributed by atoms with Crippen molar-refractivity contribution in [3.63, 3.8) is 0 Å². The number of hydrogen-bond donors (Lipinski definition) is 9. The summed E-state index contributed by atoms with van der Waals surface area (Å²) >= 11 is 0. The Hall–Kier alpha value is -12.0. The Bertz CT molecular complexity index is 6470. The number of rotatable bonds is 18. The van der Waals surface area contributed by atoms with Gasteiger partial charge in [-0.05, 0) is 225 Å². The van der Waals surface area contributed by atoms with E-state index >= 15 is 0 Å². The second-order valence-corrected chi connectivity index (χ2v) is 51.2. The van der Waals surface area contributed by atoms with Crippen molar-refractivity contribution >= 4 is 124 Å². The number of amides is 9. The Labute approximate surface area is 873 Å². The molecule has 0 spiro atoms. The number of nitrogens with one attached hydrogen (secondary N) is 6. The minimum Gasteiger partial charge on any atom is -0.496 e. The van der Waals surface area contributed by atoms with Gasteiger partial charge in [-0.15, -0.1) is 13.2 Å². The molecule has 10 N–H and O–H groups in total. The zero-order valence-electron chi connectivity index (χ0n) is 89.6. The number of ether oxygens (including phenoxy) is 9. The summed E-state index contributed by atoms with van der Waals surface area (Å²) in [6.45, 7) is 36.3. The molecule has 10 aliphatic rings. The zero-order valence-corrected chi connectivity index (χ0v) is 91.3. The maximum atomic E-state index is 14.8. The van der Waals surface area contributed by atoms with Crippen LogP contribution in [0.4, 0.5) is 14.4 Å². The average Bonchev–Trinajstić information content (AvgIpc) is 1.55.